The molecule has 0 aliphatic carbocycles. The fourth-order valence-electron chi connectivity index (χ4n) is 1.26. The molecule has 1 aromatic rings. The average Bonchev–Trinajstić information content (AvgIpc) is 2.06. The van der Waals surface area contributed by atoms with Crippen LogP contribution in [0.3, 0.4) is 0 Å². The Kier molecular flexibility index (Phi) is 3.32. The molecule has 0 heterocycles. The predicted octanol–water partition coefficient (Wildman–Crippen LogP) is 2.35. The van der Waals surface area contributed by atoms with E-state index in [-0.39, 0.29) is 14.7 Å². The number of carboxylic acid groups (broad SMARTS) is 1. The molecule has 0 bridgehead atoms. The Morgan fingerprint density at radius 1 is 1.40 bits per heavy atom. The number of hydrogen-bond donors (Lipinski definition) is 1. The molecule has 0 amide bonds. The van der Waals surface area contributed by atoms with E-state index in [4.69, 9.17) is 5.11 Å². The van der Waals surface area contributed by atoms with Crippen molar-refractivity contribution in [3.05, 3.63) is 26.8 Å². The Bertz CT molecular complexity index is 417. The monoisotopic (exact) mass is 329 g/mol. The average molecular weight is 329 g/mol. The van der Waals surface area contributed by atoms with Crippen LogP contribution in [0.4, 0.5) is 12.9 Å². The number of carboxylic acids is 1. The van der Waals surface area contributed by atoms with Crippen LogP contribution in [0.1, 0.15) is 15.9 Å². The van der Waals surface area contributed by atoms with E-state index in [1.165, 1.54) is 13.0 Å². The van der Waals surface area contributed by atoms with Crippen molar-refractivity contribution >= 4 is 41.0 Å². The molecule has 0 atom stereocenters. The van der Waals surface area contributed by atoms with Crippen molar-refractivity contribution in [3.8, 4) is 0 Å². The lowest BCUT2D eigenvalue weighted by molar-refractivity contribution is 0.0696. The smallest absolute Gasteiger partial charge is 0.478 e. The van der Waals surface area contributed by atoms with Crippen LogP contribution in [0.15, 0.2) is 12.1 Å². The van der Waals surface area contributed by atoms with Crippen LogP contribution >= 0.6 is 22.6 Å². The SMILES string of the molecule is Cc1c(C(=O)O)cc(I)cc1[B-](F)(F)F. The summed E-state index contributed by atoms with van der Waals surface area (Å²) >= 11 is 1.67. The molecule has 2 nitrogen and oxygen atoms in total. The summed E-state index contributed by atoms with van der Waals surface area (Å²) in [4.78, 5) is 10.7. The first-order valence-corrected chi connectivity index (χ1v) is 5.04. The number of rotatable bonds is 2. The number of hydrogen-bond acceptors (Lipinski definition) is 1. The number of carbonyl (C=O) groups is 1. The largest absolute Gasteiger partial charge is 0.509 e. The van der Waals surface area contributed by atoms with E-state index in [1.807, 2.05) is 0 Å². The lowest BCUT2D eigenvalue weighted by Gasteiger charge is -2.19. The van der Waals surface area contributed by atoms with Gasteiger partial charge in [0.05, 0.1) is 5.56 Å². The lowest BCUT2D eigenvalue weighted by Crippen LogP contribution is -2.37. The number of halogens is 4. The molecular formula is C8H6BF3IO2-. The van der Waals surface area contributed by atoms with Crippen LogP contribution in [0.2, 0.25) is 0 Å². The molecule has 0 saturated carbocycles. The van der Waals surface area contributed by atoms with E-state index in [1.54, 1.807) is 22.6 Å². The quantitative estimate of drug-likeness (QED) is 0.668. The molecule has 0 aliphatic heterocycles. The fraction of sp³-hybridized carbons (Fsp3) is 0.125. The zero-order valence-electron chi connectivity index (χ0n) is 7.60. The Morgan fingerprint density at radius 3 is 2.33 bits per heavy atom. The molecule has 7 heteroatoms. The summed E-state index contributed by atoms with van der Waals surface area (Å²) in [5.41, 5.74) is -1.36. The lowest BCUT2D eigenvalue weighted by atomic mass is 9.76. The van der Waals surface area contributed by atoms with Gasteiger partial charge in [0.1, 0.15) is 0 Å². The summed E-state index contributed by atoms with van der Waals surface area (Å²) in [5, 5.41) is 8.72. The molecule has 0 saturated heterocycles. The van der Waals surface area contributed by atoms with Crippen molar-refractivity contribution in [2.45, 2.75) is 6.92 Å². The third-order valence-electron chi connectivity index (χ3n) is 2.00. The van der Waals surface area contributed by atoms with Gasteiger partial charge in [-0.15, -0.1) is 5.46 Å². The summed E-state index contributed by atoms with van der Waals surface area (Å²) in [5.74, 6) is -1.34. The van der Waals surface area contributed by atoms with Gasteiger partial charge in [-0.3, -0.25) is 0 Å². The first-order valence-electron chi connectivity index (χ1n) is 3.96. The Morgan fingerprint density at radius 2 is 1.93 bits per heavy atom. The topological polar surface area (TPSA) is 37.3 Å². The molecule has 1 N–H and O–H groups in total. The van der Waals surface area contributed by atoms with E-state index in [9.17, 15) is 17.7 Å². The molecule has 0 fully saturated rings. The van der Waals surface area contributed by atoms with Gasteiger partial charge in [0.2, 0.25) is 0 Å². The first-order chi connectivity index (χ1) is 6.73. The van der Waals surface area contributed by atoms with E-state index in [2.05, 4.69) is 0 Å². The third kappa shape index (κ3) is 2.64. The van der Waals surface area contributed by atoms with Crippen molar-refractivity contribution in [3.63, 3.8) is 0 Å². The molecule has 82 valence electrons. The van der Waals surface area contributed by atoms with Crippen LogP contribution in [0.5, 0.6) is 0 Å². The molecule has 15 heavy (non-hydrogen) atoms. The summed E-state index contributed by atoms with van der Waals surface area (Å²) in [6.45, 7) is -3.99. The van der Waals surface area contributed by atoms with E-state index in [0.717, 1.165) is 6.07 Å². The molecule has 1 rings (SSSR count). The predicted molar refractivity (Wildman–Crippen MR) is 59.6 cm³/mol. The van der Waals surface area contributed by atoms with Gasteiger partial charge < -0.3 is 18.1 Å². The Balaban J connectivity index is 3.49. The van der Waals surface area contributed by atoms with E-state index >= 15 is 0 Å². The highest BCUT2D eigenvalue weighted by atomic mass is 127. The van der Waals surface area contributed by atoms with Gasteiger partial charge in [-0.1, -0.05) is 11.6 Å². The maximum Gasteiger partial charge on any atom is 0.509 e. The van der Waals surface area contributed by atoms with Gasteiger partial charge in [0, 0.05) is 3.57 Å². The minimum atomic E-state index is -5.16. The molecule has 1 aromatic carbocycles. The van der Waals surface area contributed by atoms with Crippen LogP contribution in [0.25, 0.3) is 0 Å². The van der Waals surface area contributed by atoms with Crippen molar-refractivity contribution in [2.75, 3.05) is 0 Å². The molecule has 0 aliphatic rings. The van der Waals surface area contributed by atoms with Gasteiger partial charge in [0.25, 0.3) is 0 Å². The second-order valence-corrected chi connectivity index (χ2v) is 4.29. The summed E-state index contributed by atoms with van der Waals surface area (Å²) in [6.07, 6.45) is 0. The van der Waals surface area contributed by atoms with Gasteiger partial charge in [-0.25, -0.2) is 4.79 Å². The normalized spacial score (nSPS) is 11.5. The molecule has 0 unspecified atom stereocenters. The van der Waals surface area contributed by atoms with Crippen LogP contribution in [-0.4, -0.2) is 18.1 Å². The fourth-order valence-corrected chi connectivity index (χ4v) is 1.91. The maximum atomic E-state index is 12.5. The zero-order chi connectivity index (χ0) is 11.8. The molecule has 0 radical (unpaired) electrons. The van der Waals surface area contributed by atoms with Crippen molar-refractivity contribution in [1.29, 1.82) is 0 Å². The highest BCUT2D eigenvalue weighted by Gasteiger charge is 2.29. The van der Waals surface area contributed by atoms with Gasteiger partial charge >= 0.3 is 12.9 Å². The first kappa shape index (κ1) is 12.3. The second kappa shape index (κ2) is 4.03. The minimum Gasteiger partial charge on any atom is -0.478 e. The zero-order valence-corrected chi connectivity index (χ0v) is 9.76. The Hall–Kier alpha value is -0.725. The van der Waals surface area contributed by atoms with Crippen LogP contribution in [0, 0.1) is 10.5 Å². The van der Waals surface area contributed by atoms with Gasteiger partial charge in [0.15, 0.2) is 0 Å². The van der Waals surface area contributed by atoms with Crippen molar-refractivity contribution < 1.29 is 22.8 Å². The highest BCUT2D eigenvalue weighted by molar-refractivity contribution is 14.1. The minimum absolute atomic E-state index is 0.226. The number of benzene rings is 1. The molecular weight excluding hydrogens is 323 g/mol. The maximum absolute atomic E-state index is 12.5. The standard InChI is InChI=1S/C8H6BF3IO2/c1-4-6(8(14)15)2-5(13)3-7(4)9(10,11)12/h2-3H,1H3,(H,14,15)/q-1. The van der Waals surface area contributed by atoms with Gasteiger partial charge in [-0.2, -0.15) is 0 Å². The van der Waals surface area contributed by atoms with Crippen molar-refractivity contribution in [2.24, 2.45) is 0 Å². The molecule has 0 spiro atoms. The second-order valence-electron chi connectivity index (χ2n) is 3.05. The summed E-state index contributed by atoms with van der Waals surface area (Å²) in [6, 6.07) is 2.19. The van der Waals surface area contributed by atoms with Gasteiger partial charge in [-0.05, 0) is 35.6 Å². The Labute approximate surface area is 97.7 Å². The third-order valence-corrected chi connectivity index (χ3v) is 2.62. The highest BCUT2D eigenvalue weighted by Crippen LogP contribution is 2.18. The van der Waals surface area contributed by atoms with Crippen LogP contribution in [-0.2, 0) is 0 Å². The van der Waals surface area contributed by atoms with E-state index in [0.29, 0.717) is 0 Å². The number of aromatic carboxylic acids is 1. The molecule has 0 aromatic heterocycles. The van der Waals surface area contributed by atoms with Crippen LogP contribution < -0.4 is 5.46 Å². The van der Waals surface area contributed by atoms with Crippen molar-refractivity contribution in [1.82, 2.24) is 0 Å². The van der Waals surface area contributed by atoms with E-state index < -0.39 is 18.4 Å². The summed E-state index contributed by atoms with van der Waals surface area (Å²) < 4.78 is 37.9. The summed E-state index contributed by atoms with van der Waals surface area (Å²) in [7, 11) is 0.